The van der Waals surface area contributed by atoms with Crippen molar-refractivity contribution in [1.29, 1.82) is 0 Å². The Labute approximate surface area is 217 Å². The molecule has 1 N–H and O–H groups in total. The highest BCUT2D eigenvalue weighted by molar-refractivity contribution is 14.1. The van der Waals surface area contributed by atoms with Crippen molar-refractivity contribution in [3.63, 3.8) is 0 Å². The largest absolute Gasteiger partial charge is 0.490 e. The Hall–Kier alpha value is -2.93. The second-order valence-electron chi connectivity index (χ2n) is 7.02. The molecule has 9 nitrogen and oxygen atoms in total. The summed E-state index contributed by atoms with van der Waals surface area (Å²) in [5.41, 5.74) is 1.40. The quantitative estimate of drug-likeness (QED) is 0.211. The topological polar surface area (TPSA) is 111 Å². The maximum absolute atomic E-state index is 13.2. The van der Waals surface area contributed by atoms with E-state index in [-0.39, 0.29) is 12.2 Å². The molecule has 4 amide bonds. The van der Waals surface area contributed by atoms with E-state index in [1.165, 1.54) is 13.2 Å². The van der Waals surface area contributed by atoms with Crippen molar-refractivity contribution in [2.24, 2.45) is 0 Å². The summed E-state index contributed by atoms with van der Waals surface area (Å²) in [6, 6.07) is 7.40. The number of benzene rings is 2. The van der Waals surface area contributed by atoms with Crippen LogP contribution < -0.4 is 19.7 Å². The zero-order valence-corrected chi connectivity index (χ0v) is 22.2. The number of imide groups is 2. The molecule has 0 aliphatic carbocycles. The van der Waals surface area contributed by atoms with Crippen molar-refractivity contribution in [3.8, 4) is 11.5 Å². The van der Waals surface area contributed by atoms with E-state index in [9.17, 15) is 19.2 Å². The SMILES string of the molecule is CCOc1cc(/C=C2\C(=O)NC(=O)N(c3ccc(Br)c(C)c3)C2=O)cc(I)c1OCC(=O)OC. The van der Waals surface area contributed by atoms with E-state index in [0.717, 1.165) is 14.9 Å². The molecule has 1 heterocycles. The molecule has 1 aliphatic heterocycles. The van der Waals surface area contributed by atoms with Gasteiger partial charge in [-0.25, -0.2) is 14.5 Å². The smallest absolute Gasteiger partial charge is 0.343 e. The molecule has 3 rings (SSSR count). The highest BCUT2D eigenvalue weighted by Crippen LogP contribution is 2.35. The van der Waals surface area contributed by atoms with Crippen LogP contribution in [0.1, 0.15) is 18.1 Å². The summed E-state index contributed by atoms with van der Waals surface area (Å²) in [7, 11) is 1.26. The first-order valence-electron chi connectivity index (χ1n) is 9.99. The number of carbonyl (C=O) groups excluding carboxylic acids is 4. The summed E-state index contributed by atoms with van der Waals surface area (Å²) >= 11 is 5.38. The number of amides is 4. The van der Waals surface area contributed by atoms with E-state index in [4.69, 9.17) is 9.47 Å². The number of ether oxygens (including phenoxy) is 3. The number of nitrogens with one attached hydrogen (secondary N) is 1. The number of aryl methyl sites for hydroxylation is 1. The molecule has 0 atom stereocenters. The van der Waals surface area contributed by atoms with E-state index < -0.39 is 23.8 Å². The number of halogens is 2. The zero-order valence-electron chi connectivity index (χ0n) is 18.4. The average molecular weight is 643 g/mol. The molecule has 11 heteroatoms. The fourth-order valence-corrected chi connectivity index (χ4v) is 4.12. The van der Waals surface area contributed by atoms with Gasteiger partial charge < -0.3 is 14.2 Å². The summed E-state index contributed by atoms with van der Waals surface area (Å²) in [6.07, 6.45) is 1.37. The number of hydrogen-bond acceptors (Lipinski definition) is 7. The molecule has 0 spiro atoms. The summed E-state index contributed by atoms with van der Waals surface area (Å²) in [5.74, 6) is -1.46. The first-order valence-corrected chi connectivity index (χ1v) is 11.9. The van der Waals surface area contributed by atoms with Crippen LogP contribution in [-0.2, 0) is 19.1 Å². The van der Waals surface area contributed by atoms with Gasteiger partial charge in [-0.2, -0.15) is 0 Å². The minimum absolute atomic E-state index is 0.221. The number of methoxy groups -OCH3 is 1. The molecule has 1 fully saturated rings. The second kappa shape index (κ2) is 11.0. The van der Waals surface area contributed by atoms with Crippen LogP contribution in [0.25, 0.3) is 6.08 Å². The molecule has 2 aromatic rings. The van der Waals surface area contributed by atoms with Gasteiger partial charge in [0, 0.05) is 4.47 Å². The number of carbonyl (C=O) groups is 4. The van der Waals surface area contributed by atoms with Crippen LogP contribution in [0.5, 0.6) is 11.5 Å². The molecule has 1 aliphatic rings. The monoisotopic (exact) mass is 642 g/mol. The van der Waals surface area contributed by atoms with E-state index >= 15 is 0 Å². The van der Waals surface area contributed by atoms with Crippen LogP contribution in [0, 0.1) is 10.5 Å². The number of urea groups is 1. The highest BCUT2D eigenvalue weighted by atomic mass is 127. The van der Waals surface area contributed by atoms with Crippen molar-refractivity contribution < 1.29 is 33.4 Å². The van der Waals surface area contributed by atoms with Gasteiger partial charge in [-0.1, -0.05) is 15.9 Å². The van der Waals surface area contributed by atoms with Crippen molar-refractivity contribution in [2.45, 2.75) is 13.8 Å². The molecule has 0 bridgehead atoms. The van der Waals surface area contributed by atoms with Crippen molar-refractivity contribution in [2.75, 3.05) is 25.2 Å². The summed E-state index contributed by atoms with van der Waals surface area (Å²) in [6.45, 7) is 3.61. The van der Waals surface area contributed by atoms with Crippen LogP contribution >= 0.6 is 38.5 Å². The first-order chi connectivity index (χ1) is 16.2. The molecule has 178 valence electrons. The average Bonchev–Trinajstić information content (AvgIpc) is 2.78. The second-order valence-corrected chi connectivity index (χ2v) is 9.04. The van der Waals surface area contributed by atoms with Gasteiger partial charge in [0.15, 0.2) is 18.1 Å². The third-order valence-corrected chi connectivity index (χ3v) is 6.40. The Morgan fingerprint density at radius 3 is 2.56 bits per heavy atom. The highest BCUT2D eigenvalue weighted by Gasteiger charge is 2.37. The molecule has 0 unspecified atom stereocenters. The molecule has 2 aromatic carbocycles. The van der Waals surface area contributed by atoms with Crippen molar-refractivity contribution in [1.82, 2.24) is 5.32 Å². The maximum Gasteiger partial charge on any atom is 0.343 e. The Morgan fingerprint density at radius 1 is 1.18 bits per heavy atom. The first kappa shape index (κ1) is 25.7. The number of esters is 1. The lowest BCUT2D eigenvalue weighted by atomic mass is 10.1. The van der Waals surface area contributed by atoms with Crippen molar-refractivity contribution >= 4 is 74.1 Å². The van der Waals surface area contributed by atoms with E-state index in [2.05, 4.69) is 26.0 Å². The van der Waals surface area contributed by atoms with Gasteiger partial charge in [0.05, 0.1) is 23.0 Å². The van der Waals surface area contributed by atoms with Gasteiger partial charge in [-0.15, -0.1) is 0 Å². The molecular formula is C23H20BrIN2O7. The fraction of sp³-hybridized carbons (Fsp3) is 0.217. The van der Waals surface area contributed by atoms with Gasteiger partial charge in [-0.05, 0) is 84.0 Å². The molecule has 34 heavy (non-hydrogen) atoms. The molecular weight excluding hydrogens is 623 g/mol. The molecule has 0 radical (unpaired) electrons. The third kappa shape index (κ3) is 5.58. The van der Waals surface area contributed by atoms with E-state index in [0.29, 0.717) is 32.9 Å². The summed E-state index contributed by atoms with van der Waals surface area (Å²) < 4.78 is 17.2. The van der Waals surface area contributed by atoms with Crippen LogP contribution in [0.3, 0.4) is 0 Å². The van der Waals surface area contributed by atoms with Gasteiger partial charge in [0.25, 0.3) is 11.8 Å². The van der Waals surface area contributed by atoms with Crippen LogP contribution in [0.15, 0.2) is 40.4 Å². The van der Waals surface area contributed by atoms with Gasteiger partial charge in [-0.3, -0.25) is 14.9 Å². The predicted molar refractivity (Wildman–Crippen MR) is 136 cm³/mol. The van der Waals surface area contributed by atoms with Crippen LogP contribution in [0.4, 0.5) is 10.5 Å². The third-order valence-electron chi connectivity index (χ3n) is 4.71. The number of barbiturate groups is 1. The summed E-state index contributed by atoms with van der Waals surface area (Å²) in [4.78, 5) is 50.5. The summed E-state index contributed by atoms with van der Waals surface area (Å²) in [5, 5.41) is 2.21. The van der Waals surface area contributed by atoms with Crippen LogP contribution in [0.2, 0.25) is 0 Å². The van der Waals surface area contributed by atoms with Gasteiger partial charge in [0.1, 0.15) is 5.57 Å². The van der Waals surface area contributed by atoms with Gasteiger partial charge in [0.2, 0.25) is 0 Å². The Bertz CT molecular complexity index is 1210. The predicted octanol–water partition coefficient (Wildman–Crippen LogP) is 3.98. The number of hydrogen-bond donors (Lipinski definition) is 1. The fourth-order valence-electron chi connectivity index (χ4n) is 3.09. The Kier molecular flexibility index (Phi) is 8.31. The van der Waals surface area contributed by atoms with Crippen molar-refractivity contribution in [3.05, 3.63) is 55.1 Å². The lowest BCUT2D eigenvalue weighted by Crippen LogP contribution is -2.54. The Morgan fingerprint density at radius 2 is 1.91 bits per heavy atom. The van der Waals surface area contributed by atoms with E-state index in [1.54, 1.807) is 37.3 Å². The lowest BCUT2D eigenvalue weighted by molar-refractivity contribution is -0.143. The van der Waals surface area contributed by atoms with Gasteiger partial charge >= 0.3 is 12.0 Å². The standard InChI is InChI=1S/C23H20BrIN2O7/c1-4-33-18-10-13(9-17(25)20(18)34-11-19(28)32-3)8-15-21(29)26-23(31)27(22(15)30)14-5-6-16(24)12(2)7-14/h5-10H,4,11H2,1-3H3,(H,26,29,31)/b15-8+. The minimum Gasteiger partial charge on any atom is -0.490 e. The van der Waals surface area contributed by atoms with Crippen LogP contribution in [-0.4, -0.2) is 44.1 Å². The Balaban J connectivity index is 2.00. The molecule has 0 saturated carbocycles. The number of rotatable bonds is 7. The minimum atomic E-state index is -0.829. The van der Waals surface area contributed by atoms with E-state index in [1.807, 2.05) is 29.5 Å². The molecule has 0 aromatic heterocycles. The normalized spacial score (nSPS) is 14.8. The number of nitrogens with zero attached hydrogens (tertiary/aromatic N) is 1. The lowest BCUT2D eigenvalue weighted by Gasteiger charge is -2.26. The maximum atomic E-state index is 13.2. The zero-order chi connectivity index (χ0) is 25.0. The number of anilines is 1. The molecule has 1 saturated heterocycles.